The maximum absolute atomic E-state index is 13.0. The lowest BCUT2D eigenvalue weighted by molar-refractivity contribution is -0.234. The highest BCUT2D eigenvalue weighted by Gasteiger charge is 2.53. The first-order chi connectivity index (χ1) is 15.7. The van der Waals surface area contributed by atoms with Gasteiger partial charge in [0.05, 0.1) is 19.3 Å². The van der Waals surface area contributed by atoms with Gasteiger partial charge in [0.2, 0.25) is 0 Å². The van der Waals surface area contributed by atoms with E-state index in [-0.39, 0.29) is 29.0 Å². The third kappa shape index (κ3) is 3.61. The van der Waals surface area contributed by atoms with E-state index in [1.165, 1.54) is 7.11 Å². The molecule has 3 heterocycles. The molecule has 3 aliphatic heterocycles. The molecule has 0 radical (unpaired) electrons. The summed E-state index contributed by atoms with van der Waals surface area (Å²) in [5.74, 6) is -3.01. The topological polar surface area (TPSA) is 196 Å². The number of hydrogen-bond acceptors (Lipinski definition) is 12. The summed E-state index contributed by atoms with van der Waals surface area (Å²) in [6.07, 6.45) is -6.25. The van der Waals surface area contributed by atoms with Crippen molar-refractivity contribution in [2.24, 2.45) is 5.18 Å². The SMILES string of the molecule is COc1c(O)c(CN2CCCC2C(=O)O)c2c(c1N=O)C1OC(CO)C(O)C(O)C1OC2=O. The highest BCUT2D eigenvalue weighted by Crippen LogP contribution is 2.53. The maximum atomic E-state index is 13.0. The van der Waals surface area contributed by atoms with Crippen LogP contribution in [-0.4, -0.2) is 93.1 Å². The number of methoxy groups -OCH3 is 1. The van der Waals surface area contributed by atoms with E-state index < -0.39 is 66.5 Å². The Balaban J connectivity index is 1.90. The zero-order valence-electron chi connectivity index (χ0n) is 17.6. The number of nitrogens with zero attached hydrogens (tertiary/aromatic N) is 2. The van der Waals surface area contributed by atoms with Gasteiger partial charge < -0.3 is 39.7 Å². The van der Waals surface area contributed by atoms with E-state index in [1.807, 2.05) is 0 Å². The lowest BCUT2D eigenvalue weighted by Gasteiger charge is -2.45. The molecule has 1 aromatic rings. The first kappa shape index (κ1) is 23.3. The number of carbonyl (C=O) groups excluding carboxylic acids is 1. The zero-order chi connectivity index (χ0) is 24.0. The molecule has 5 N–H and O–H groups in total. The van der Waals surface area contributed by atoms with Crippen molar-refractivity contribution >= 4 is 17.6 Å². The van der Waals surface area contributed by atoms with Crippen molar-refractivity contribution in [3.05, 3.63) is 21.6 Å². The third-order valence-corrected chi connectivity index (χ3v) is 6.45. The minimum atomic E-state index is -1.64. The van der Waals surface area contributed by atoms with Crippen molar-refractivity contribution < 1.29 is 49.3 Å². The molecule has 1 aromatic carbocycles. The Morgan fingerprint density at radius 2 is 2.03 bits per heavy atom. The van der Waals surface area contributed by atoms with Gasteiger partial charge in [0.25, 0.3) is 0 Å². The molecule has 2 fully saturated rings. The van der Waals surface area contributed by atoms with Gasteiger partial charge in [-0.1, -0.05) is 0 Å². The van der Waals surface area contributed by atoms with Gasteiger partial charge in [-0.3, -0.25) is 9.69 Å². The van der Waals surface area contributed by atoms with E-state index >= 15 is 0 Å². The maximum Gasteiger partial charge on any atom is 0.339 e. The van der Waals surface area contributed by atoms with Crippen molar-refractivity contribution in [3.8, 4) is 11.5 Å². The van der Waals surface area contributed by atoms with Crippen molar-refractivity contribution in [1.82, 2.24) is 4.90 Å². The van der Waals surface area contributed by atoms with E-state index in [2.05, 4.69) is 5.18 Å². The highest BCUT2D eigenvalue weighted by atomic mass is 16.6. The number of rotatable bonds is 6. The van der Waals surface area contributed by atoms with Crippen LogP contribution in [0.4, 0.5) is 5.69 Å². The Morgan fingerprint density at radius 3 is 2.64 bits per heavy atom. The van der Waals surface area contributed by atoms with Crippen LogP contribution in [0.3, 0.4) is 0 Å². The first-order valence-corrected chi connectivity index (χ1v) is 10.3. The predicted octanol–water partition coefficient (Wildman–Crippen LogP) is -0.459. The van der Waals surface area contributed by atoms with Crippen LogP contribution >= 0.6 is 0 Å². The summed E-state index contributed by atoms with van der Waals surface area (Å²) in [5, 5.41) is 53.5. The van der Waals surface area contributed by atoms with E-state index in [1.54, 1.807) is 4.90 Å². The fraction of sp³-hybridized carbons (Fsp3) is 0.600. The number of benzene rings is 1. The minimum absolute atomic E-state index is 0.0457. The van der Waals surface area contributed by atoms with Crippen LogP contribution < -0.4 is 4.74 Å². The summed E-state index contributed by atoms with van der Waals surface area (Å²) in [7, 11) is 1.17. The minimum Gasteiger partial charge on any atom is -0.504 e. The number of carboxylic acids is 1. The number of ether oxygens (including phenoxy) is 3. The van der Waals surface area contributed by atoms with E-state index in [0.717, 1.165) is 0 Å². The van der Waals surface area contributed by atoms with Crippen molar-refractivity contribution in [2.45, 2.75) is 55.9 Å². The molecule has 6 unspecified atom stereocenters. The quantitative estimate of drug-likeness (QED) is 0.267. The smallest absolute Gasteiger partial charge is 0.339 e. The van der Waals surface area contributed by atoms with Crippen molar-refractivity contribution in [1.29, 1.82) is 0 Å². The fourth-order valence-electron chi connectivity index (χ4n) is 4.85. The molecule has 0 amide bonds. The summed E-state index contributed by atoms with van der Waals surface area (Å²) in [6.45, 7) is -0.470. The molecule has 180 valence electrons. The number of aliphatic carboxylic acids is 1. The summed E-state index contributed by atoms with van der Waals surface area (Å²) in [6, 6.07) is -0.844. The number of phenols is 1. The van der Waals surface area contributed by atoms with Gasteiger partial charge in [-0.25, -0.2) is 4.79 Å². The van der Waals surface area contributed by atoms with Crippen molar-refractivity contribution in [2.75, 3.05) is 20.3 Å². The summed E-state index contributed by atoms with van der Waals surface area (Å²) in [4.78, 5) is 38.0. The molecule has 33 heavy (non-hydrogen) atoms. The number of carbonyl (C=O) groups is 2. The average Bonchev–Trinajstić information content (AvgIpc) is 3.26. The van der Waals surface area contributed by atoms with Crippen LogP contribution in [-0.2, 0) is 20.8 Å². The number of esters is 1. The Bertz CT molecular complexity index is 983. The van der Waals surface area contributed by atoms with Crippen LogP contribution in [0.25, 0.3) is 0 Å². The molecule has 0 bridgehead atoms. The van der Waals surface area contributed by atoms with Crippen LogP contribution in [0.5, 0.6) is 11.5 Å². The molecule has 0 saturated carbocycles. The molecule has 13 nitrogen and oxygen atoms in total. The molecule has 4 rings (SSSR count). The number of phenolic OH excluding ortho intramolecular Hbond substituents is 1. The molecule has 0 aliphatic carbocycles. The molecule has 0 spiro atoms. The van der Waals surface area contributed by atoms with E-state index in [9.17, 15) is 40.0 Å². The number of hydrogen-bond donors (Lipinski definition) is 5. The van der Waals surface area contributed by atoms with Crippen LogP contribution in [0.2, 0.25) is 0 Å². The lowest BCUT2D eigenvalue weighted by Crippen LogP contribution is -2.58. The Hall–Kier alpha value is -2.84. The number of aliphatic hydroxyl groups excluding tert-OH is 3. The Morgan fingerprint density at radius 1 is 1.30 bits per heavy atom. The van der Waals surface area contributed by atoms with Crippen LogP contribution in [0.15, 0.2) is 5.18 Å². The summed E-state index contributed by atoms with van der Waals surface area (Å²) < 4.78 is 16.2. The number of aromatic hydroxyl groups is 1. The van der Waals surface area contributed by atoms with Gasteiger partial charge in [-0.05, 0) is 24.6 Å². The molecule has 3 aliphatic rings. The summed E-state index contributed by atoms with van der Waals surface area (Å²) >= 11 is 0. The molecule has 0 aromatic heterocycles. The van der Waals surface area contributed by atoms with Gasteiger partial charge in [0.1, 0.15) is 30.5 Å². The van der Waals surface area contributed by atoms with Gasteiger partial charge in [-0.2, -0.15) is 0 Å². The Kier molecular flexibility index (Phi) is 6.24. The number of nitroso groups, excluding NO2 is 1. The number of fused-ring (bicyclic) bond motifs is 3. The van der Waals surface area contributed by atoms with Crippen molar-refractivity contribution in [3.63, 3.8) is 0 Å². The van der Waals surface area contributed by atoms with E-state index in [4.69, 9.17) is 14.2 Å². The molecular weight excluding hydrogens is 444 g/mol. The van der Waals surface area contributed by atoms with Gasteiger partial charge in [-0.15, -0.1) is 4.91 Å². The lowest BCUT2D eigenvalue weighted by atomic mass is 9.83. The largest absolute Gasteiger partial charge is 0.504 e. The predicted molar refractivity (Wildman–Crippen MR) is 107 cm³/mol. The van der Waals surface area contributed by atoms with Gasteiger partial charge >= 0.3 is 11.9 Å². The Labute approximate surface area is 187 Å². The average molecular weight is 468 g/mol. The monoisotopic (exact) mass is 468 g/mol. The van der Waals surface area contributed by atoms with Crippen LogP contribution in [0.1, 0.15) is 40.4 Å². The normalized spacial score (nSPS) is 31.5. The number of carboxylic acid groups (broad SMARTS) is 1. The van der Waals surface area contributed by atoms with Gasteiger partial charge in [0, 0.05) is 17.7 Å². The van der Waals surface area contributed by atoms with Gasteiger partial charge in [0.15, 0.2) is 23.3 Å². The number of aliphatic hydroxyl groups is 3. The molecule has 2 saturated heterocycles. The summed E-state index contributed by atoms with van der Waals surface area (Å²) in [5.41, 5.74) is -0.903. The first-order valence-electron chi connectivity index (χ1n) is 10.3. The van der Waals surface area contributed by atoms with E-state index in [0.29, 0.717) is 19.4 Å². The second-order valence-electron chi connectivity index (χ2n) is 8.18. The molecular formula is C20H24N2O11. The molecule has 6 atom stereocenters. The second kappa shape index (κ2) is 8.83. The standard InChI is InChI=1S/C20H24N2O11/c1-31-17-12(21-30)11-10(7(13(17)24)5-22-4-2-3-8(22)19(27)28)20(29)33-18-15(26)14(25)9(6-23)32-16(11)18/h8-9,14-16,18,23-26H,2-6H2,1H3,(H,27,28). The fourth-order valence-corrected chi connectivity index (χ4v) is 4.85. The number of likely N-dealkylation sites (tertiary alicyclic amines) is 1. The molecule has 13 heteroatoms. The highest BCUT2D eigenvalue weighted by molar-refractivity contribution is 5.98. The second-order valence-corrected chi connectivity index (χ2v) is 8.18. The van der Waals surface area contributed by atoms with Crippen LogP contribution in [0, 0.1) is 4.91 Å². The zero-order valence-corrected chi connectivity index (χ0v) is 17.6. The third-order valence-electron chi connectivity index (χ3n) is 6.45.